The van der Waals surface area contributed by atoms with Crippen molar-refractivity contribution in [2.75, 3.05) is 37.4 Å². The molecule has 7 nitrogen and oxygen atoms in total. The van der Waals surface area contributed by atoms with E-state index < -0.39 is 10.0 Å². The van der Waals surface area contributed by atoms with Gasteiger partial charge in [0.05, 0.1) is 23.6 Å². The summed E-state index contributed by atoms with van der Waals surface area (Å²) in [6, 6.07) is 9.96. The number of nitrogens with one attached hydrogen (secondary N) is 2. The van der Waals surface area contributed by atoms with Crippen LogP contribution < -0.4 is 15.4 Å². The summed E-state index contributed by atoms with van der Waals surface area (Å²) in [6.45, 7) is 6.10. The van der Waals surface area contributed by atoms with Gasteiger partial charge >= 0.3 is 0 Å². The molecule has 2 aromatic carbocycles. The van der Waals surface area contributed by atoms with Gasteiger partial charge < -0.3 is 15.4 Å². The number of hydrogen-bond acceptors (Lipinski definition) is 5. The molecule has 0 radical (unpaired) electrons. The van der Waals surface area contributed by atoms with Crippen molar-refractivity contribution in [3.8, 4) is 5.75 Å². The van der Waals surface area contributed by atoms with Crippen molar-refractivity contribution >= 4 is 38.9 Å². The number of carbonyl (C=O) groups excluding carboxylic acids is 1. The summed E-state index contributed by atoms with van der Waals surface area (Å²) in [5.41, 5.74) is 1.74. The molecule has 1 amide bonds. The van der Waals surface area contributed by atoms with E-state index in [1.807, 2.05) is 0 Å². The molecule has 0 aliphatic rings. The fourth-order valence-corrected chi connectivity index (χ4v) is 4.79. The van der Waals surface area contributed by atoms with Crippen LogP contribution in [0.4, 0.5) is 11.4 Å². The van der Waals surface area contributed by atoms with Crippen molar-refractivity contribution in [3.63, 3.8) is 0 Å². The lowest BCUT2D eigenvalue weighted by atomic mass is 10.2. The molecule has 0 saturated carbocycles. The Hall–Kier alpha value is -2.29. The highest BCUT2D eigenvalue weighted by Crippen LogP contribution is 2.27. The lowest BCUT2D eigenvalue weighted by molar-refractivity contribution is -0.114. The Morgan fingerprint density at radius 2 is 1.76 bits per heavy atom. The van der Waals surface area contributed by atoms with Crippen LogP contribution in [-0.4, -0.2) is 45.4 Å². The molecule has 158 valence electrons. The largest absolute Gasteiger partial charge is 0.495 e. The summed E-state index contributed by atoms with van der Waals surface area (Å²) in [5.74, 6) is 0.226. The van der Waals surface area contributed by atoms with Crippen molar-refractivity contribution in [1.29, 1.82) is 0 Å². The molecule has 2 N–H and O–H groups in total. The van der Waals surface area contributed by atoms with Gasteiger partial charge in [-0.05, 0) is 42.8 Å². The highest BCUT2D eigenvalue weighted by atomic mass is 35.5. The zero-order valence-corrected chi connectivity index (χ0v) is 18.5. The van der Waals surface area contributed by atoms with Crippen LogP contribution in [0.2, 0.25) is 5.02 Å². The maximum Gasteiger partial charge on any atom is 0.243 e. The molecule has 9 heteroatoms. The molecule has 0 aliphatic heterocycles. The molecule has 0 fully saturated rings. The van der Waals surface area contributed by atoms with Gasteiger partial charge in [-0.15, -0.1) is 0 Å². The van der Waals surface area contributed by atoms with Crippen LogP contribution in [0.25, 0.3) is 0 Å². The minimum Gasteiger partial charge on any atom is -0.495 e. The molecule has 0 aliphatic carbocycles. The summed E-state index contributed by atoms with van der Waals surface area (Å²) >= 11 is 6.06. The van der Waals surface area contributed by atoms with Gasteiger partial charge in [0, 0.05) is 24.5 Å². The van der Waals surface area contributed by atoms with Crippen molar-refractivity contribution in [2.45, 2.75) is 25.7 Å². The molecule has 0 aromatic heterocycles. The number of amides is 1. The predicted molar refractivity (Wildman–Crippen MR) is 116 cm³/mol. The Labute approximate surface area is 177 Å². The second-order valence-electron chi connectivity index (χ2n) is 6.32. The summed E-state index contributed by atoms with van der Waals surface area (Å²) < 4.78 is 32.1. The topological polar surface area (TPSA) is 87.7 Å². The van der Waals surface area contributed by atoms with Gasteiger partial charge in [0.15, 0.2) is 0 Å². The Morgan fingerprint density at radius 3 is 2.34 bits per heavy atom. The third-order valence-corrected chi connectivity index (χ3v) is 6.89. The Morgan fingerprint density at radius 1 is 1.10 bits per heavy atom. The second-order valence-corrected chi connectivity index (χ2v) is 8.63. The van der Waals surface area contributed by atoms with E-state index in [1.54, 1.807) is 57.2 Å². The van der Waals surface area contributed by atoms with Crippen LogP contribution in [0.15, 0.2) is 41.3 Å². The zero-order valence-electron chi connectivity index (χ0n) is 17.0. The summed E-state index contributed by atoms with van der Waals surface area (Å²) in [5, 5.41) is 6.08. The number of hydrogen-bond donors (Lipinski definition) is 2. The standard InChI is InChI=1S/C20H26ClN3O4S/c1-5-24(6-2)29(26,27)19-12-15(8-7-14(19)3)22-13-20(25)23-16-9-10-18(28-4)17(21)11-16/h7-12,22H,5-6,13H2,1-4H3,(H,23,25). The van der Waals surface area contributed by atoms with Crippen LogP contribution in [-0.2, 0) is 14.8 Å². The number of carbonyl (C=O) groups is 1. The molecule has 29 heavy (non-hydrogen) atoms. The SMILES string of the molecule is CCN(CC)S(=O)(=O)c1cc(NCC(=O)Nc2ccc(OC)c(Cl)c2)ccc1C. The van der Waals surface area contributed by atoms with Crippen molar-refractivity contribution in [1.82, 2.24) is 4.31 Å². The summed E-state index contributed by atoms with van der Waals surface area (Å²) in [7, 11) is -2.07. The molecule has 0 heterocycles. The van der Waals surface area contributed by atoms with Crippen molar-refractivity contribution in [2.24, 2.45) is 0 Å². The minimum atomic E-state index is -3.59. The zero-order chi connectivity index (χ0) is 21.6. The van der Waals surface area contributed by atoms with Gasteiger partial charge in [-0.1, -0.05) is 31.5 Å². The van der Waals surface area contributed by atoms with Crippen molar-refractivity contribution in [3.05, 3.63) is 47.0 Å². The fourth-order valence-electron chi connectivity index (χ4n) is 2.82. The number of ether oxygens (including phenoxy) is 1. The van der Waals surface area contributed by atoms with Gasteiger partial charge in [0.25, 0.3) is 0 Å². The van der Waals surface area contributed by atoms with Gasteiger partial charge in [0.2, 0.25) is 15.9 Å². The maximum absolute atomic E-state index is 12.8. The van der Waals surface area contributed by atoms with Crippen LogP contribution >= 0.6 is 11.6 Å². The van der Waals surface area contributed by atoms with E-state index in [2.05, 4.69) is 10.6 Å². The normalized spacial score (nSPS) is 11.4. The molecule has 0 saturated heterocycles. The lowest BCUT2D eigenvalue weighted by Crippen LogP contribution is -2.31. The van der Waals surface area contributed by atoms with Crippen LogP contribution in [0.1, 0.15) is 19.4 Å². The number of methoxy groups -OCH3 is 1. The number of anilines is 2. The fraction of sp³-hybridized carbons (Fsp3) is 0.350. The van der Waals surface area contributed by atoms with Gasteiger partial charge in [0.1, 0.15) is 5.75 Å². The van der Waals surface area contributed by atoms with E-state index >= 15 is 0 Å². The lowest BCUT2D eigenvalue weighted by Gasteiger charge is -2.20. The average molecular weight is 440 g/mol. The van der Waals surface area contributed by atoms with E-state index in [4.69, 9.17) is 16.3 Å². The third kappa shape index (κ3) is 5.62. The van der Waals surface area contributed by atoms with Crippen LogP contribution in [0, 0.1) is 6.92 Å². The van der Waals surface area contributed by atoms with Gasteiger partial charge in [-0.3, -0.25) is 4.79 Å². The quantitative estimate of drug-likeness (QED) is 0.621. The summed E-state index contributed by atoms with van der Waals surface area (Å²) in [6.07, 6.45) is 0. The Kier molecular flexibility index (Phi) is 7.89. The molecule has 0 unspecified atom stereocenters. The minimum absolute atomic E-state index is 0.0303. The third-order valence-electron chi connectivity index (χ3n) is 4.40. The first kappa shape index (κ1) is 23.0. The summed E-state index contributed by atoms with van der Waals surface area (Å²) in [4.78, 5) is 12.5. The highest BCUT2D eigenvalue weighted by Gasteiger charge is 2.23. The van der Waals surface area contributed by atoms with E-state index in [0.29, 0.717) is 40.8 Å². The Bertz CT molecular complexity index is 976. The molecular weight excluding hydrogens is 414 g/mol. The van der Waals surface area contributed by atoms with E-state index in [-0.39, 0.29) is 17.3 Å². The maximum atomic E-state index is 12.8. The Balaban J connectivity index is 2.09. The first-order valence-corrected chi connectivity index (χ1v) is 11.0. The molecular formula is C20H26ClN3O4S. The molecule has 2 rings (SSSR count). The van der Waals surface area contributed by atoms with Crippen LogP contribution in [0.3, 0.4) is 0 Å². The van der Waals surface area contributed by atoms with Crippen LogP contribution in [0.5, 0.6) is 5.75 Å². The smallest absolute Gasteiger partial charge is 0.243 e. The van der Waals surface area contributed by atoms with Crippen molar-refractivity contribution < 1.29 is 17.9 Å². The monoisotopic (exact) mass is 439 g/mol. The van der Waals surface area contributed by atoms with E-state index in [0.717, 1.165) is 0 Å². The number of benzene rings is 2. The number of nitrogens with zero attached hydrogens (tertiary/aromatic N) is 1. The molecule has 0 spiro atoms. The van der Waals surface area contributed by atoms with E-state index in [1.165, 1.54) is 11.4 Å². The average Bonchev–Trinajstić information content (AvgIpc) is 2.68. The highest BCUT2D eigenvalue weighted by molar-refractivity contribution is 7.89. The molecule has 0 atom stereocenters. The number of sulfonamides is 1. The first-order chi connectivity index (χ1) is 13.7. The second kappa shape index (κ2) is 9.96. The predicted octanol–water partition coefficient (Wildman–Crippen LogP) is 3.74. The van der Waals surface area contributed by atoms with Gasteiger partial charge in [-0.2, -0.15) is 4.31 Å². The first-order valence-electron chi connectivity index (χ1n) is 9.21. The number of halogens is 1. The number of rotatable bonds is 9. The molecule has 2 aromatic rings. The molecule has 0 bridgehead atoms. The number of aryl methyl sites for hydroxylation is 1. The van der Waals surface area contributed by atoms with Gasteiger partial charge in [-0.25, -0.2) is 8.42 Å². The van der Waals surface area contributed by atoms with E-state index in [9.17, 15) is 13.2 Å².